The summed E-state index contributed by atoms with van der Waals surface area (Å²) in [4.78, 5) is 0. The number of aryl methyl sites for hydroxylation is 1. The predicted octanol–water partition coefficient (Wildman–Crippen LogP) is 4.90. The molecule has 0 aliphatic carbocycles. The SMILES string of the molecule is Cc1ccc([C@@H](C)N)c(OCc2cccc(Cl)c2Cl)c1. The van der Waals surface area contributed by atoms with E-state index in [1.807, 2.05) is 44.2 Å². The predicted molar refractivity (Wildman–Crippen MR) is 84.6 cm³/mol. The zero-order valence-electron chi connectivity index (χ0n) is 11.5. The van der Waals surface area contributed by atoms with Crippen LogP contribution in [0.15, 0.2) is 36.4 Å². The third kappa shape index (κ3) is 3.45. The second-order valence-electron chi connectivity index (χ2n) is 4.83. The van der Waals surface area contributed by atoms with Gasteiger partial charge >= 0.3 is 0 Å². The van der Waals surface area contributed by atoms with E-state index < -0.39 is 0 Å². The van der Waals surface area contributed by atoms with E-state index in [0.29, 0.717) is 16.7 Å². The highest BCUT2D eigenvalue weighted by molar-refractivity contribution is 6.42. The van der Waals surface area contributed by atoms with Crippen LogP contribution in [-0.4, -0.2) is 0 Å². The molecule has 0 aliphatic rings. The summed E-state index contributed by atoms with van der Waals surface area (Å²) in [5.74, 6) is 0.788. The molecule has 4 heteroatoms. The average Bonchev–Trinajstić information content (AvgIpc) is 2.40. The number of halogens is 2. The summed E-state index contributed by atoms with van der Waals surface area (Å²) in [6.45, 7) is 4.32. The van der Waals surface area contributed by atoms with Crippen molar-refractivity contribution in [1.29, 1.82) is 0 Å². The Bertz CT molecular complexity index is 611. The van der Waals surface area contributed by atoms with Gasteiger partial charge in [0.2, 0.25) is 0 Å². The third-order valence-electron chi connectivity index (χ3n) is 3.07. The van der Waals surface area contributed by atoms with Gasteiger partial charge in [0.25, 0.3) is 0 Å². The Morgan fingerprint density at radius 1 is 1.20 bits per heavy atom. The molecule has 2 N–H and O–H groups in total. The van der Waals surface area contributed by atoms with E-state index >= 15 is 0 Å². The van der Waals surface area contributed by atoms with E-state index in [-0.39, 0.29) is 6.04 Å². The number of hydrogen-bond donors (Lipinski definition) is 1. The molecule has 0 aromatic heterocycles. The van der Waals surface area contributed by atoms with E-state index in [0.717, 1.165) is 22.4 Å². The fourth-order valence-corrected chi connectivity index (χ4v) is 2.33. The first-order chi connectivity index (χ1) is 9.49. The van der Waals surface area contributed by atoms with Gasteiger partial charge in [-0.05, 0) is 31.5 Å². The summed E-state index contributed by atoms with van der Waals surface area (Å²) in [6, 6.07) is 11.4. The van der Waals surface area contributed by atoms with Crippen molar-refractivity contribution in [2.75, 3.05) is 0 Å². The van der Waals surface area contributed by atoms with Crippen molar-refractivity contribution in [1.82, 2.24) is 0 Å². The van der Waals surface area contributed by atoms with Gasteiger partial charge in [-0.2, -0.15) is 0 Å². The Morgan fingerprint density at radius 3 is 2.65 bits per heavy atom. The maximum atomic E-state index is 6.16. The van der Waals surface area contributed by atoms with Crippen LogP contribution >= 0.6 is 23.2 Å². The van der Waals surface area contributed by atoms with Crippen LogP contribution in [0, 0.1) is 6.92 Å². The summed E-state index contributed by atoms with van der Waals surface area (Å²) in [5.41, 5.74) is 8.92. The van der Waals surface area contributed by atoms with E-state index in [4.69, 9.17) is 33.7 Å². The number of nitrogens with two attached hydrogens (primary N) is 1. The molecule has 1 atom stereocenters. The minimum absolute atomic E-state index is 0.0829. The molecule has 2 aromatic carbocycles. The van der Waals surface area contributed by atoms with E-state index in [1.54, 1.807) is 6.07 Å². The highest BCUT2D eigenvalue weighted by Gasteiger charge is 2.10. The van der Waals surface area contributed by atoms with Crippen molar-refractivity contribution in [3.05, 3.63) is 63.1 Å². The van der Waals surface area contributed by atoms with E-state index in [2.05, 4.69) is 0 Å². The summed E-state index contributed by atoms with van der Waals surface area (Å²) in [7, 11) is 0. The first-order valence-electron chi connectivity index (χ1n) is 6.41. The monoisotopic (exact) mass is 309 g/mol. The number of hydrogen-bond acceptors (Lipinski definition) is 2. The van der Waals surface area contributed by atoms with Crippen molar-refractivity contribution >= 4 is 23.2 Å². The summed E-state index contributed by atoms with van der Waals surface area (Å²) in [6.07, 6.45) is 0. The molecule has 2 nitrogen and oxygen atoms in total. The van der Waals surface area contributed by atoms with Crippen LogP contribution in [0.5, 0.6) is 5.75 Å². The third-order valence-corrected chi connectivity index (χ3v) is 3.93. The van der Waals surface area contributed by atoms with E-state index in [1.165, 1.54) is 0 Å². The van der Waals surface area contributed by atoms with Gasteiger partial charge in [-0.25, -0.2) is 0 Å². The summed E-state index contributed by atoms with van der Waals surface area (Å²) in [5, 5.41) is 1.06. The van der Waals surface area contributed by atoms with E-state index in [9.17, 15) is 0 Å². The fourth-order valence-electron chi connectivity index (χ4n) is 1.96. The molecule has 0 fully saturated rings. The van der Waals surface area contributed by atoms with Gasteiger partial charge < -0.3 is 10.5 Å². The Labute approximate surface area is 129 Å². The van der Waals surface area contributed by atoms with Crippen molar-refractivity contribution in [2.45, 2.75) is 26.5 Å². The number of ether oxygens (including phenoxy) is 1. The van der Waals surface area contributed by atoms with Crippen LogP contribution in [0.4, 0.5) is 0 Å². The van der Waals surface area contributed by atoms with Crippen molar-refractivity contribution in [3.63, 3.8) is 0 Å². The summed E-state index contributed by atoms with van der Waals surface area (Å²) < 4.78 is 5.88. The Kier molecular flexibility index (Phi) is 4.92. The zero-order valence-corrected chi connectivity index (χ0v) is 13.0. The molecule has 0 spiro atoms. The molecule has 106 valence electrons. The van der Waals surface area contributed by atoms with Crippen LogP contribution in [0.2, 0.25) is 10.0 Å². The quantitative estimate of drug-likeness (QED) is 0.871. The lowest BCUT2D eigenvalue weighted by molar-refractivity contribution is 0.301. The zero-order chi connectivity index (χ0) is 14.7. The fraction of sp³-hybridized carbons (Fsp3) is 0.250. The maximum Gasteiger partial charge on any atom is 0.124 e. The number of benzene rings is 2. The van der Waals surface area contributed by atoms with Gasteiger partial charge in [0.15, 0.2) is 0 Å². The maximum absolute atomic E-state index is 6.16. The molecule has 0 aliphatic heterocycles. The first kappa shape index (κ1) is 15.2. The molecule has 20 heavy (non-hydrogen) atoms. The van der Waals surface area contributed by atoms with Crippen LogP contribution in [0.3, 0.4) is 0 Å². The molecular weight excluding hydrogens is 293 g/mol. The molecular formula is C16H17Cl2NO. The van der Waals surface area contributed by atoms with Gasteiger partial charge in [0.1, 0.15) is 12.4 Å². The Morgan fingerprint density at radius 2 is 1.95 bits per heavy atom. The van der Waals surface area contributed by atoms with Crippen LogP contribution in [0.25, 0.3) is 0 Å². The van der Waals surface area contributed by atoms with Gasteiger partial charge in [0.05, 0.1) is 10.0 Å². The molecule has 0 saturated carbocycles. The minimum atomic E-state index is -0.0829. The Balaban J connectivity index is 2.22. The van der Waals surface area contributed by atoms with Crippen molar-refractivity contribution < 1.29 is 4.74 Å². The summed E-state index contributed by atoms with van der Waals surface area (Å²) >= 11 is 12.2. The lowest BCUT2D eigenvalue weighted by Gasteiger charge is -2.15. The molecule has 0 amide bonds. The molecule has 0 saturated heterocycles. The van der Waals surface area contributed by atoms with Crippen LogP contribution < -0.4 is 10.5 Å². The van der Waals surface area contributed by atoms with Gasteiger partial charge in [-0.15, -0.1) is 0 Å². The lowest BCUT2D eigenvalue weighted by atomic mass is 10.1. The highest BCUT2D eigenvalue weighted by Crippen LogP contribution is 2.29. The lowest BCUT2D eigenvalue weighted by Crippen LogP contribution is -2.08. The molecule has 0 bridgehead atoms. The minimum Gasteiger partial charge on any atom is -0.488 e. The van der Waals surface area contributed by atoms with Gasteiger partial charge in [-0.1, -0.05) is 47.5 Å². The van der Waals surface area contributed by atoms with Gasteiger partial charge in [0, 0.05) is 17.2 Å². The highest BCUT2D eigenvalue weighted by atomic mass is 35.5. The standard InChI is InChI=1S/C16H17Cl2NO/c1-10-6-7-13(11(2)19)15(8-10)20-9-12-4-3-5-14(17)16(12)18/h3-8,11H,9,19H2,1-2H3/t11-/m1/s1. The molecule has 2 rings (SSSR count). The second kappa shape index (κ2) is 6.49. The molecule has 0 radical (unpaired) electrons. The average molecular weight is 310 g/mol. The molecule has 2 aromatic rings. The first-order valence-corrected chi connectivity index (χ1v) is 7.16. The topological polar surface area (TPSA) is 35.2 Å². The van der Waals surface area contributed by atoms with Crippen LogP contribution in [-0.2, 0) is 6.61 Å². The molecule has 0 unspecified atom stereocenters. The van der Waals surface area contributed by atoms with Crippen molar-refractivity contribution in [3.8, 4) is 5.75 Å². The normalized spacial score (nSPS) is 12.2. The van der Waals surface area contributed by atoms with Gasteiger partial charge in [-0.3, -0.25) is 0 Å². The largest absolute Gasteiger partial charge is 0.488 e. The van der Waals surface area contributed by atoms with Crippen LogP contribution in [0.1, 0.15) is 29.7 Å². The molecule has 0 heterocycles. The van der Waals surface area contributed by atoms with Crippen molar-refractivity contribution in [2.24, 2.45) is 5.73 Å². The smallest absolute Gasteiger partial charge is 0.124 e. The number of rotatable bonds is 4. The Hall–Kier alpha value is -1.22. The second-order valence-corrected chi connectivity index (χ2v) is 5.62.